The van der Waals surface area contributed by atoms with Crippen LogP contribution < -0.4 is 10.3 Å². The van der Waals surface area contributed by atoms with E-state index in [1.54, 1.807) is 48.7 Å². The predicted octanol–water partition coefficient (Wildman–Crippen LogP) is 2.24. The fourth-order valence-corrected chi connectivity index (χ4v) is 3.86. The van der Waals surface area contributed by atoms with Crippen LogP contribution in [0.15, 0.2) is 58.7 Å². The fraction of sp³-hybridized carbons (Fsp3) is 0.190. The largest absolute Gasteiger partial charge is 0.358 e. The van der Waals surface area contributed by atoms with E-state index in [-0.39, 0.29) is 10.8 Å². The van der Waals surface area contributed by atoms with Gasteiger partial charge in [-0.2, -0.15) is 5.10 Å². The minimum absolute atomic E-state index is 0.0587. The van der Waals surface area contributed by atoms with Crippen molar-refractivity contribution >= 4 is 27.8 Å². The van der Waals surface area contributed by atoms with Gasteiger partial charge in [0, 0.05) is 49.4 Å². The Morgan fingerprint density at radius 3 is 2.63 bits per heavy atom. The van der Waals surface area contributed by atoms with E-state index in [2.05, 4.69) is 20.4 Å². The molecular weight excluding hydrogens is 402 g/mol. The van der Waals surface area contributed by atoms with Crippen LogP contribution in [0.2, 0.25) is 0 Å². The first-order chi connectivity index (χ1) is 14.3. The smallest absolute Gasteiger partial charge is 0.253 e. The predicted molar refractivity (Wildman–Crippen MR) is 116 cm³/mol. The molecule has 3 heterocycles. The lowest BCUT2D eigenvalue weighted by atomic mass is 10.1. The van der Waals surface area contributed by atoms with Gasteiger partial charge in [-0.15, -0.1) is 0 Å². The summed E-state index contributed by atoms with van der Waals surface area (Å²) in [4.78, 5) is 20.0. The van der Waals surface area contributed by atoms with Gasteiger partial charge < -0.3 is 10.3 Å². The lowest BCUT2D eigenvalue weighted by Gasteiger charge is -2.12. The van der Waals surface area contributed by atoms with E-state index in [4.69, 9.17) is 0 Å². The van der Waals surface area contributed by atoms with Gasteiger partial charge in [-0.3, -0.25) is 9.80 Å². The monoisotopic (exact) mass is 423 g/mol. The normalized spacial score (nSPS) is 13.9. The summed E-state index contributed by atoms with van der Waals surface area (Å²) in [6, 6.07) is 12.1. The van der Waals surface area contributed by atoms with Crippen molar-refractivity contribution < 1.29 is 13.2 Å². The van der Waals surface area contributed by atoms with Crippen LogP contribution in [0.3, 0.4) is 0 Å². The molecule has 0 saturated heterocycles. The number of sulfone groups is 1. The molecule has 30 heavy (non-hydrogen) atoms. The molecule has 8 nitrogen and oxygen atoms in total. The zero-order valence-electron chi connectivity index (χ0n) is 16.6. The minimum atomic E-state index is -3.22. The summed E-state index contributed by atoms with van der Waals surface area (Å²) in [5.41, 5.74) is 4.15. The maximum absolute atomic E-state index is 12.0. The highest BCUT2D eigenvalue weighted by Gasteiger charge is 2.20. The van der Waals surface area contributed by atoms with E-state index in [0.29, 0.717) is 17.9 Å². The number of carbonyl (C=O) groups excluding carboxylic acids is 1. The van der Waals surface area contributed by atoms with Gasteiger partial charge in [-0.25, -0.2) is 13.4 Å². The molecule has 0 bridgehead atoms. The topological polar surface area (TPSA) is 108 Å². The van der Waals surface area contributed by atoms with Gasteiger partial charge >= 0.3 is 0 Å². The van der Waals surface area contributed by atoms with Gasteiger partial charge in [-0.1, -0.05) is 12.1 Å². The second-order valence-corrected chi connectivity index (χ2v) is 9.11. The number of aromatic nitrogens is 2. The van der Waals surface area contributed by atoms with Crippen molar-refractivity contribution in [3.05, 3.63) is 65.5 Å². The van der Waals surface area contributed by atoms with Gasteiger partial charge in [0.25, 0.3) is 5.91 Å². The summed E-state index contributed by atoms with van der Waals surface area (Å²) >= 11 is 0. The number of fused-ring (bicyclic) bond motifs is 1. The zero-order chi connectivity index (χ0) is 21.3. The summed E-state index contributed by atoms with van der Waals surface area (Å²) < 4.78 is 23.1. The Morgan fingerprint density at radius 2 is 1.93 bits per heavy atom. The molecule has 1 aromatic carbocycles. The Bertz CT molecular complexity index is 1230. The molecule has 0 unspecified atom stereocenters. The summed E-state index contributed by atoms with van der Waals surface area (Å²) in [7, 11) is -1.44. The molecule has 1 amide bonds. The van der Waals surface area contributed by atoms with E-state index in [0.717, 1.165) is 28.9 Å². The van der Waals surface area contributed by atoms with Crippen LogP contribution in [0.4, 0.5) is 5.82 Å². The molecule has 0 fully saturated rings. The number of aromatic amines is 1. The van der Waals surface area contributed by atoms with Crippen molar-refractivity contribution in [3.8, 4) is 11.3 Å². The van der Waals surface area contributed by atoms with E-state index in [1.165, 1.54) is 6.26 Å². The average molecular weight is 423 g/mol. The Morgan fingerprint density at radius 1 is 1.17 bits per heavy atom. The number of anilines is 1. The van der Waals surface area contributed by atoms with Crippen molar-refractivity contribution in [2.75, 3.05) is 24.9 Å². The molecule has 0 spiro atoms. The van der Waals surface area contributed by atoms with Crippen LogP contribution in [0.1, 0.15) is 21.6 Å². The lowest BCUT2D eigenvalue weighted by molar-refractivity contribution is 0.0946. The van der Waals surface area contributed by atoms with Crippen LogP contribution in [0.25, 0.3) is 11.3 Å². The Hall–Kier alpha value is -3.46. The van der Waals surface area contributed by atoms with Crippen LogP contribution in [0.5, 0.6) is 0 Å². The molecule has 154 valence electrons. The quantitative estimate of drug-likeness (QED) is 0.483. The van der Waals surface area contributed by atoms with Gasteiger partial charge in [0.2, 0.25) is 0 Å². The van der Waals surface area contributed by atoms with Crippen molar-refractivity contribution in [3.63, 3.8) is 0 Å². The standard InChI is InChI=1S/C21H21N5O3S/c1-26(24-13-14-3-5-16(6-4-14)30(2,28)29)20-11-15(7-9-22-20)19-12-17-18(25-19)8-10-23-21(17)27/h3-7,9,11-13,25H,8,10H2,1-2H3,(H,23,27)/b24-13+. The van der Waals surface area contributed by atoms with Crippen LogP contribution in [0, 0.1) is 0 Å². The molecule has 1 aliphatic rings. The Kier molecular flexibility index (Phi) is 5.13. The van der Waals surface area contributed by atoms with Crippen LogP contribution in [-0.4, -0.2) is 50.4 Å². The van der Waals surface area contributed by atoms with E-state index >= 15 is 0 Å². The highest BCUT2D eigenvalue weighted by atomic mass is 32.2. The van der Waals surface area contributed by atoms with Crippen molar-refractivity contribution in [1.82, 2.24) is 15.3 Å². The highest BCUT2D eigenvalue weighted by molar-refractivity contribution is 7.90. The number of carbonyl (C=O) groups is 1. The lowest BCUT2D eigenvalue weighted by Crippen LogP contribution is -2.31. The minimum Gasteiger partial charge on any atom is -0.358 e. The molecule has 0 atom stereocenters. The number of nitrogens with one attached hydrogen (secondary N) is 2. The summed E-state index contributed by atoms with van der Waals surface area (Å²) in [5.74, 6) is 0.574. The van der Waals surface area contributed by atoms with Crippen molar-refractivity contribution in [2.24, 2.45) is 5.10 Å². The van der Waals surface area contributed by atoms with Crippen molar-refractivity contribution in [2.45, 2.75) is 11.3 Å². The Balaban J connectivity index is 1.54. The molecule has 0 saturated carbocycles. The molecule has 3 aromatic rings. The van der Waals surface area contributed by atoms with Gasteiger partial charge in [0.15, 0.2) is 9.84 Å². The first kappa shape index (κ1) is 19.8. The molecule has 2 N–H and O–H groups in total. The highest BCUT2D eigenvalue weighted by Crippen LogP contribution is 2.26. The molecule has 4 rings (SSSR count). The third-order valence-electron chi connectivity index (χ3n) is 4.88. The fourth-order valence-electron chi connectivity index (χ4n) is 3.23. The molecule has 1 aliphatic heterocycles. The molecule has 2 aromatic heterocycles. The first-order valence-electron chi connectivity index (χ1n) is 9.35. The Labute approximate surface area is 174 Å². The van der Waals surface area contributed by atoms with Gasteiger partial charge in [-0.05, 0) is 35.9 Å². The van der Waals surface area contributed by atoms with Gasteiger partial charge in [0.1, 0.15) is 5.82 Å². The van der Waals surface area contributed by atoms with Gasteiger partial charge in [0.05, 0.1) is 16.7 Å². The summed E-state index contributed by atoms with van der Waals surface area (Å²) in [6.45, 7) is 0.635. The number of nitrogens with zero attached hydrogens (tertiary/aromatic N) is 3. The number of pyridine rings is 1. The third kappa shape index (κ3) is 4.11. The molecule has 0 radical (unpaired) electrons. The van der Waals surface area contributed by atoms with E-state index in [9.17, 15) is 13.2 Å². The number of hydrazone groups is 1. The number of H-pyrrole nitrogens is 1. The second-order valence-electron chi connectivity index (χ2n) is 7.09. The number of benzene rings is 1. The van der Waals surface area contributed by atoms with Crippen molar-refractivity contribution in [1.29, 1.82) is 0 Å². The number of rotatable bonds is 5. The van der Waals surface area contributed by atoms with Crippen LogP contribution >= 0.6 is 0 Å². The molecule has 0 aliphatic carbocycles. The van der Waals surface area contributed by atoms with Crippen LogP contribution in [-0.2, 0) is 16.3 Å². The third-order valence-corrected chi connectivity index (χ3v) is 6.01. The summed E-state index contributed by atoms with van der Waals surface area (Å²) in [6.07, 6.45) is 5.28. The first-order valence-corrected chi connectivity index (χ1v) is 11.2. The maximum Gasteiger partial charge on any atom is 0.253 e. The second kappa shape index (κ2) is 7.75. The number of amides is 1. The SMILES string of the molecule is CN(/N=C/c1ccc(S(C)(=O)=O)cc1)c1cc(-c2cc3c([nH]2)CCNC3=O)ccn1. The number of hydrogen-bond donors (Lipinski definition) is 2. The molecule has 9 heteroatoms. The average Bonchev–Trinajstić information content (AvgIpc) is 3.18. The number of hydrogen-bond acceptors (Lipinski definition) is 6. The van der Waals surface area contributed by atoms with E-state index in [1.807, 2.05) is 18.2 Å². The van der Waals surface area contributed by atoms with E-state index < -0.39 is 9.84 Å². The molecular formula is C21H21N5O3S. The zero-order valence-corrected chi connectivity index (χ0v) is 17.4. The summed E-state index contributed by atoms with van der Waals surface area (Å²) in [5, 5.41) is 8.86. The maximum atomic E-state index is 12.0.